The molecule has 1 atom stereocenters. The van der Waals surface area contributed by atoms with Crippen molar-refractivity contribution in [2.75, 3.05) is 11.9 Å². The predicted octanol–water partition coefficient (Wildman–Crippen LogP) is 8.00. The highest BCUT2D eigenvalue weighted by molar-refractivity contribution is 6.34. The summed E-state index contributed by atoms with van der Waals surface area (Å²) in [4.78, 5) is 9.07. The molecule has 4 rings (SSSR count). The molecule has 1 unspecified atom stereocenters. The number of nitriles is 1. The van der Waals surface area contributed by atoms with Crippen LogP contribution in [0, 0.1) is 17.9 Å². The molecule has 4 nitrogen and oxygen atoms in total. The molecule has 0 aliphatic carbocycles. The first-order valence-corrected chi connectivity index (χ1v) is 11.3. The summed E-state index contributed by atoms with van der Waals surface area (Å²) >= 11 is 12.6. The molecule has 0 spiro atoms. The van der Waals surface area contributed by atoms with Gasteiger partial charge in [0.1, 0.15) is 6.07 Å². The Balaban J connectivity index is 1.73. The average Bonchev–Trinajstić information content (AvgIpc) is 3.25. The third-order valence-corrected chi connectivity index (χ3v) is 6.75. The third-order valence-electron chi connectivity index (χ3n) is 6.14. The Hall–Kier alpha value is -3.18. The van der Waals surface area contributed by atoms with E-state index in [-0.39, 0.29) is 5.92 Å². The van der Waals surface area contributed by atoms with Crippen LogP contribution < -0.4 is 4.90 Å². The number of likely N-dealkylation sites (N-methyl/N-ethyl adjacent to an activating group) is 1. The molecule has 6 heteroatoms. The van der Waals surface area contributed by atoms with Crippen molar-refractivity contribution in [2.24, 2.45) is 0 Å². The number of H-pyrrole nitrogens is 1. The van der Waals surface area contributed by atoms with Crippen molar-refractivity contribution in [3.63, 3.8) is 0 Å². The summed E-state index contributed by atoms with van der Waals surface area (Å²) < 4.78 is 0. The van der Waals surface area contributed by atoms with Gasteiger partial charge in [0.2, 0.25) is 5.69 Å². The molecule has 1 aromatic heterocycles. The number of aromatic nitrogens is 1. The number of rotatable bonds is 4. The number of hydrogen-bond donors (Lipinski definition) is 1. The van der Waals surface area contributed by atoms with E-state index in [2.05, 4.69) is 52.9 Å². The number of halogens is 2. The molecule has 32 heavy (non-hydrogen) atoms. The number of anilines is 1. The summed E-state index contributed by atoms with van der Waals surface area (Å²) in [6, 6.07) is 9.66. The molecule has 0 saturated carbocycles. The molecule has 1 aliphatic heterocycles. The van der Waals surface area contributed by atoms with Gasteiger partial charge in [-0.05, 0) is 60.4 Å². The van der Waals surface area contributed by atoms with Crippen molar-refractivity contribution in [1.29, 1.82) is 5.26 Å². The van der Waals surface area contributed by atoms with E-state index in [1.54, 1.807) is 0 Å². The number of fused-ring (bicyclic) bond motifs is 2. The number of benzene rings is 2. The maximum atomic E-state index is 9.34. The lowest BCUT2D eigenvalue weighted by Crippen LogP contribution is -2.13. The molecule has 2 aromatic carbocycles. The molecule has 0 saturated heterocycles. The second-order valence-electron chi connectivity index (χ2n) is 7.80. The van der Waals surface area contributed by atoms with Crippen molar-refractivity contribution in [3.8, 4) is 6.07 Å². The minimum Gasteiger partial charge on any atom is -0.356 e. The molecular formula is C26H22Cl2N4. The fourth-order valence-corrected chi connectivity index (χ4v) is 4.97. The number of nitrogens with zero attached hydrogens (tertiary/aromatic N) is 3. The molecule has 0 amide bonds. The van der Waals surface area contributed by atoms with E-state index in [1.165, 1.54) is 5.56 Å². The lowest BCUT2D eigenvalue weighted by molar-refractivity contribution is 0.774. The molecule has 1 aliphatic rings. The van der Waals surface area contributed by atoms with Gasteiger partial charge in [-0.3, -0.25) is 0 Å². The van der Waals surface area contributed by atoms with Crippen LogP contribution in [0.4, 0.5) is 11.4 Å². The Labute approximate surface area is 198 Å². The maximum Gasteiger partial charge on any atom is 0.207 e. The van der Waals surface area contributed by atoms with Crippen molar-refractivity contribution >= 4 is 51.6 Å². The van der Waals surface area contributed by atoms with E-state index in [9.17, 15) is 5.26 Å². The number of aromatic amines is 1. The lowest BCUT2D eigenvalue weighted by atomic mass is 9.95. The van der Waals surface area contributed by atoms with Gasteiger partial charge in [-0.2, -0.15) is 5.26 Å². The topological polar surface area (TPSA) is 47.2 Å². The highest BCUT2D eigenvalue weighted by atomic mass is 35.5. The SMILES string of the molecule is [C-]#[N+]c1cc2[nH]c(C=CC=C3C(CC)c4cc(Cl)c(C#N)cc4N3C)c(CC)c2cc1Cl. The second kappa shape index (κ2) is 8.75. The summed E-state index contributed by atoms with van der Waals surface area (Å²) in [7, 11) is 2.03. The number of allylic oxidation sites excluding steroid dienone is 3. The summed E-state index contributed by atoms with van der Waals surface area (Å²) in [5.41, 5.74) is 7.39. The van der Waals surface area contributed by atoms with E-state index in [0.29, 0.717) is 21.3 Å². The minimum atomic E-state index is 0.221. The Kier molecular flexibility index (Phi) is 6.02. The highest BCUT2D eigenvalue weighted by Crippen LogP contribution is 2.46. The van der Waals surface area contributed by atoms with Crippen molar-refractivity contribution in [3.05, 3.63) is 86.0 Å². The van der Waals surface area contributed by atoms with Gasteiger partial charge in [0.25, 0.3) is 0 Å². The fourth-order valence-electron chi connectivity index (χ4n) is 4.55. The monoisotopic (exact) mass is 460 g/mol. The smallest absolute Gasteiger partial charge is 0.207 e. The van der Waals surface area contributed by atoms with Crippen LogP contribution in [0.2, 0.25) is 10.0 Å². The van der Waals surface area contributed by atoms with Gasteiger partial charge in [0.15, 0.2) is 0 Å². The Morgan fingerprint density at radius 2 is 2.00 bits per heavy atom. The van der Waals surface area contributed by atoms with Gasteiger partial charge >= 0.3 is 0 Å². The molecule has 160 valence electrons. The predicted molar refractivity (Wildman–Crippen MR) is 134 cm³/mol. The molecule has 2 heterocycles. The molecule has 3 aromatic rings. The normalized spacial score (nSPS) is 16.7. The summed E-state index contributed by atoms with van der Waals surface area (Å²) in [6.07, 6.45) is 8.02. The molecule has 0 fully saturated rings. The van der Waals surface area contributed by atoms with Gasteiger partial charge in [0, 0.05) is 46.0 Å². The standard InChI is InChI=1S/C26H22Cl2N4/c1-5-16-18-11-21(28)24(30-3)13-23(18)31-22(16)8-7-9-25-17(6-2)19-12-20(27)15(14-29)10-26(19)32(25)4/h7-13,17,31H,5-6H2,1-2,4H3. The van der Waals surface area contributed by atoms with Crippen LogP contribution in [-0.2, 0) is 6.42 Å². The molecule has 0 radical (unpaired) electrons. The van der Waals surface area contributed by atoms with E-state index in [4.69, 9.17) is 29.8 Å². The number of nitrogens with one attached hydrogen (secondary N) is 1. The Morgan fingerprint density at radius 1 is 1.22 bits per heavy atom. The zero-order chi connectivity index (χ0) is 23.0. The first-order valence-electron chi connectivity index (χ1n) is 10.5. The number of hydrogen-bond acceptors (Lipinski definition) is 2. The summed E-state index contributed by atoms with van der Waals surface area (Å²) in [5, 5.41) is 11.4. The quantitative estimate of drug-likeness (QED) is 0.400. The van der Waals surface area contributed by atoms with Crippen molar-refractivity contribution in [2.45, 2.75) is 32.6 Å². The van der Waals surface area contributed by atoms with E-state index in [0.717, 1.165) is 46.4 Å². The van der Waals surface area contributed by atoms with Crippen LogP contribution in [0.15, 0.2) is 42.1 Å². The van der Waals surface area contributed by atoms with Crippen LogP contribution in [0.25, 0.3) is 21.8 Å². The van der Waals surface area contributed by atoms with Crippen LogP contribution >= 0.6 is 23.2 Å². The molecule has 1 N–H and O–H groups in total. The van der Waals surface area contributed by atoms with E-state index < -0.39 is 0 Å². The zero-order valence-electron chi connectivity index (χ0n) is 18.1. The summed E-state index contributed by atoms with van der Waals surface area (Å²) in [5.74, 6) is 0.221. The fraction of sp³-hybridized carbons (Fsp3) is 0.231. The summed E-state index contributed by atoms with van der Waals surface area (Å²) in [6.45, 7) is 11.6. The Bertz CT molecular complexity index is 1370. The minimum absolute atomic E-state index is 0.221. The third kappa shape index (κ3) is 3.56. The van der Waals surface area contributed by atoms with Crippen LogP contribution in [0.1, 0.15) is 48.6 Å². The largest absolute Gasteiger partial charge is 0.356 e. The van der Waals surface area contributed by atoms with Gasteiger partial charge in [-0.15, -0.1) is 0 Å². The van der Waals surface area contributed by atoms with Crippen molar-refractivity contribution < 1.29 is 0 Å². The molecular weight excluding hydrogens is 439 g/mol. The van der Waals surface area contributed by atoms with Crippen LogP contribution in [0.3, 0.4) is 0 Å². The first kappa shape index (κ1) is 22.0. The van der Waals surface area contributed by atoms with Crippen molar-refractivity contribution in [1.82, 2.24) is 4.98 Å². The number of aryl methyl sites for hydroxylation is 1. The van der Waals surface area contributed by atoms with E-state index >= 15 is 0 Å². The van der Waals surface area contributed by atoms with Gasteiger partial charge < -0.3 is 9.88 Å². The van der Waals surface area contributed by atoms with Crippen LogP contribution in [0.5, 0.6) is 0 Å². The van der Waals surface area contributed by atoms with Gasteiger partial charge in [0.05, 0.1) is 17.2 Å². The van der Waals surface area contributed by atoms with Gasteiger partial charge in [-0.25, -0.2) is 4.85 Å². The van der Waals surface area contributed by atoms with Gasteiger partial charge in [-0.1, -0.05) is 43.1 Å². The van der Waals surface area contributed by atoms with E-state index in [1.807, 2.05) is 31.3 Å². The zero-order valence-corrected chi connectivity index (χ0v) is 19.6. The maximum absolute atomic E-state index is 9.34. The average molecular weight is 461 g/mol. The molecule has 0 bridgehead atoms. The highest BCUT2D eigenvalue weighted by Gasteiger charge is 2.31. The lowest BCUT2D eigenvalue weighted by Gasteiger charge is -2.17. The first-order chi connectivity index (χ1) is 15.4. The second-order valence-corrected chi connectivity index (χ2v) is 8.62. The Morgan fingerprint density at radius 3 is 2.66 bits per heavy atom. The van der Waals surface area contributed by atoms with Crippen LogP contribution in [-0.4, -0.2) is 12.0 Å².